The number of aliphatic imine (C=N–C) groups is 1. The third kappa shape index (κ3) is 6.11. The van der Waals surface area contributed by atoms with Gasteiger partial charge in [0.15, 0.2) is 17.5 Å². The molecular formula is C20H25Cl2N3O3. The lowest BCUT2D eigenvalue weighted by Crippen LogP contribution is -2.37. The zero-order valence-corrected chi connectivity index (χ0v) is 17.7. The first kappa shape index (κ1) is 22.0. The molecule has 0 unspecified atom stereocenters. The molecule has 0 radical (unpaired) electrons. The number of benzene rings is 2. The Morgan fingerprint density at radius 1 is 1.07 bits per heavy atom. The Morgan fingerprint density at radius 2 is 1.75 bits per heavy atom. The van der Waals surface area contributed by atoms with E-state index in [0.717, 1.165) is 30.5 Å². The molecule has 0 aliphatic heterocycles. The highest BCUT2D eigenvalue weighted by molar-refractivity contribution is 6.35. The van der Waals surface area contributed by atoms with E-state index in [4.69, 9.17) is 32.7 Å². The Hall–Kier alpha value is -2.31. The lowest BCUT2D eigenvalue weighted by molar-refractivity contribution is 0.339. The van der Waals surface area contributed by atoms with Crippen LogP contribution in [0.3, 0.4) is 0 Å². The average molecular weight is 426 g/mol. The second-order valence-corrected chi connectivity index (χ2v) is 6.88. The Labute approximate surface area is 175 Å². The fourth-order valence-corrected chi connectivity index (χ4v) is 3.17. The van der Waals surface area contributed by atoms with Gasteiger partial charge in [0.25, 0.3) is 0 Å². The number of hydrogen-bond acceptors (Lipinski definition) is 4. The van der Waals surface area contributed by atoms with Gasteiger partial charge >= 0.3 is 0 Å². The molecule has 6 nitrogen and oxygen atoms in total. The smallest absolute Gasteiger partial charge is 0.200 e. The van der Waals surface area contributed by atoms with E-state index in [1.807, 2.05) is 12.1 Å². The van der Waals surface area contributed by atoms with Gasteiger partial charge in [0, 0.05) is 30.2 Å². The maximum atomic E-state index is 9.99. The van der Waals surface area contributed by atoms with E-state index in [2.05, 4.69) is 15.6 Å². The second kappa shape index (κ2) is 10.9. The van der Waals surface area contributed by atoms with Gasteiger partial charge in [-0.15, -0.1) is 0 Å². The van der Waals surface area contributed by atoms with Gasteiger partial charge in [0.1, 0.15) is 0 Å². The standard InChI is InChI=1S/C20H25Cl2N3O3/c1-23-20(24-8-4-5-14-6-7-15(21)11-16(14)22)25-12-13-9-17(27-2)19(26)18(10-13)28-3/h6-7,9-11,26H,4-5,8,12H2,1-3H3,(H2,23,24,25). The molecule has 0 fully saturated rings. The van der Waals surface area contributed by atoms with Crippen molar-refractivity contribution < 1.29 is 14.6 Å². The summed E-state index contributed by atoms with van der Waals surface area (Å²) < 4.78 is 10.4. The van der Waals surface area contributed by atoms with Gasteiger partial charge < -0.3 is 25.2 Å². The number of halogens is 2. The van der Waals surface area contributed by atoms with Gasteiger partial charge in [-0.2, -0.15) is 0 Å². The number of nitrogens with one attached hydrogen (secondary N) is 2. The van der Waals surface area contributed by atoms with Gasteiger partial charge in [0.05, 0.1) is 14.2 Å². The molecule has 0 spiro atoms. The van der Waals surface area contributed by atoms with Crippen LogP contribution in [0.2, 0.25) is 10.0 Å². The molecule has 0 atom stereocenters. The van der Waals surface area contributed by atoms with Crippen LogP contribution in [0.1, 0.15) is 17.5 Å². The van der Waals surface area contributed by atoms with E-state index in [1.54, 1.807) is 25.2 Å². The van der Waals surface area contributed by atoms with Gasteiger partial charge in [-0.05, 0) is 48.2 Å². The number of phenols is 1. The predicted octanol–water partition coefficient (Wildman–Crippen LogP) is 4.01. The molecule has 8 heteroatoms. The van der Waals surface area contributed by atoms with Crippen LogP contribution in [0.4, 0.5) is 0 Å². The van der Waals surface area contributed by atoms with E-state index in [-0.39, 0.29) is 5.75 Å². The molecule has 2 aromatic carbocycles. The highest BCUT2D eigenvalue weighted by Crippen LogP contribution is 2.37. The SMILES string of the molecule is CN=C(NCCCc1ccc(Cl)cc1Cl)NCc1cc(OC)c(O)c(OC)c1. The fourth-order valence-electron chi connectivity index (χ4n) is 2.67. The summed E-state index contributed by atoms with van der Waals surface area (Å²) in [6.07, 6.45) is 1.73. The van der Waals surface area contributed by atoms with Crippen molar-refractivity contribution in [3.63, 3.8) is 0 Å². The van der Waals surface area contributed by atoms with Crippen molar-refractivity contribution in [1.29, 1.82) is 0 Å². The molecule has 152 valence electrons. The van der Waals surface area contributed by atoms with Gasteiger partial charge in [-0.25, -0.2) is 0 Å². The zero-order chi connectivity index (χ0) is 20.5. The number of aryl methyl sites for hydroxylation is 1. The molecule has 2 rings (SSSR count). The van der Waals surface area contributed by atoms with E-state index < -0.39 is 0 Å². The van der Waals surface area contributed by atoms with Crippen molar-refractivity contribution >= 4 is 29.2 Å². The van der Waals surface area contributed by atoms with Crippen LogP contribution in [-0.2, 0) is 13.0 Å². The van der Waals surface area contributed by atoms with Crippen molar-refractivity contribution in [1.82, 2.24) is 10.6 Å². The molecule has 0 saturated heterocycles. The Balaban J connectivity index is 1.84. The van der Waals surface area contributed by atoms with Crippen LogP contribution in [0.5, 0.6) is 17.2 Å². The summed E-state index contributed by atoms with van der Waals surface area (Å²) in [6, 6.07) is 9.05. The predicted molar refractivity (Wildman–Crippen MR) is 114 cm³/mol. The lowest BCUT2D eigenvalue weighted by atomic mass is 10.1. The van der Waals surface area contributed by atoms with Crippen LogP contribution in [0, 0.1) is 0 Å². The molecule has 28 heavy (non-hydrogen) atoms. The van der Waals surface area contributed by atoms with Gasteiger partial charge in [0.2, 0.25) is 5.75 Å². The molecular weight excluding hydrogens is 401 g/mol. The highest BCUT2D eigenvalue weighted by Gasteiger charge is 2.11. The van der Waals surface area contributed by atoms with Crippen LogP contribution in [-0.4, -0.2) is 38.9 Å². The van der Waals surface area contributed by atoms with Crippen LogP contribution < -0.4 is 20.1 Å². The number of phenolic OH excluding ortho intramolecular Hbond substituents is 1. The highest BCUT2D eigenvalue weighted by atomic mass is 35.5. The summed E-state index contributed by atoms with van der Waals surface area (Å²) in [5.41, 5.74) is 1.96. The maximum Gasteiger partial charge on any atom is 0.200 e. The van der Waals surface area contributed by atoms with Crippen molar-refractivity contribution in [3.8, 4) is 17.2 Å². The minimum atomic E-state index is -0.0166. The zero-order valence-electron chi connectivity index (χ0n) is 16.2. The molecule has 0 amide bonds. The molecule has 3 N–H and O–H groups in total. The van der Waals surface area contributed by atoms with E-state index >= 15 is 0 Å². The Morgan fingerprint density at radius 3 is 2.32 bits per heavy atom. The monoisotopic (exact) mass is 425 g/mol. The molecule has 0 saturated carbocycles. The lowest BCUT2D eigenvalue weighted by Gasteiger charge is -2.14. The Kier molecular flexibility index (Phi) is 8.54. The van der Waals surface area contributed by atoms with Crippen molar-refractivity contribution in [2.24, 2.45) is 4.99 Å². The topological polar surface area (TPSA) is 75.1 Å². The number of nitrogens with zero attached hydrogens (tertiary/aromatic N) is 1. The van der Waals surface area contributed by atoms with Gasteiger partial charge in [-0.1, -0.05) is 29.3 Å². The number of ether oxygens (including phenoxy) is 2. The Bertz CT molecular complexity index is 803. The molecule has 0 aliphatic carbocycles. The molecule has 0 heterocycles. The molecule has 2 aromatic rings. The first-order chi connectivity index (χ1) is 13.5. The van der Waals surface area contributed by atoms with Crippen LogP contribution >= 0.6 is 23.2 Å². The molecule has 0 aromatic heterocycles. The third-order valence-corrected chi connectivity index (χ3v) is 4.74. The van der Waals surface area contributed by atoms with Crippen molar-refractivity contribution in [2.75, 3.05) is 27.8 Å². The molecule has 0 aliphatic rings. The number of hydrogen-bond donors (Lipinski definition) is 3. The fraction of sp³-hybridized carbons (Fsp3) is 0.350. The first-order valence-electron chi connectivity index (χ1n) is 8.80. The second-order valence-electron chi connectivity index (χ2n) is 6.04. The number of guanidine groups is 1. The number of rotatable bonds is 8. The summed E-state index contributed by atoms with van der Waals surface area (Å²) >= 11 is 12.1. The minimum Gasteiger partial charge on any atom is -0.502 e. The summed E-state index contributed by atoms with van der Waals surface area (Å²) in [7, 11) is 4.71. The van der Waals surface area contributed by atoms with Crippen molar-refractivity contribution in [2.45, 2.75) is 19.4 Å². The number of methoxy groups -OCH3 is 2. The minimum absolute atomic E-state index is 0.0166. The average Bonchev–Trinajstić information content (AvgIpc) is 2.69. The number of aromatic hydroxyl groups is 1. The maximum absolute atomic E-state index is 9.99. The van der Waals surface area contributed by atoms with Crippen LogP contribution in [0.15, 0.2) is 35.3 Å². The molecule has 0 bridgehead atoms. The van der Waals surface area contributed by atoms with E-state index in [9.17, 15) is 5.11 Å². The third-order valence-electron chi connectivity index (χ3n) is 4.15. The summed E-state index contributed by atoms with van der Waals surface area (Å²) in [4.78, 5) is 4.22. The largest absolute Gasteiger partial charge is 0.502 e. The summed E-state index contributed by atoms with van der Waals surface area (Å²) in [5, 5.41) is 17.8. The van der Waals surface area contributed by atoms with Gasteiger partial charge in [-0.3, -0.25) is 4.99 Å². The van der Waals surface area contributed by atoms with E-state index in [1.165, 1.54) is 14.2 Å². The first-order valence-corrected chi connectivity index (χ1v) is 9.56. The van der Waals surface area contributed by atoms with E-state index in [0.29, 0.717) is 34.0 Å². The quantitative estimate of drug-likeness (QED) is 0.338. The summed E-state index contributed by atoms with van der Waals surface area (Å²) in [6.45, 7) is 1.23. The van der Waals surface area contributed by atoms with Crippen molar-refractivity contribution in [3.05, 3.63) is 51.5 Å². The summed E-state index contributed by atoms with van der Waals surface area (Å²) in [5.74, 6) is 1.38. The van der Waals surface area contributed by atoms with Crippen LogP contribution in [0.25, 0.3) is 0 Å². The normalized spacial score (nSPS) is 11.2.